The van der Waals surface area contributed by atoms with Crippen LogP contribution in [0.25, 0.3) is 10.8 Å². The van der Waals surface area contributed by atoms with Gasteiger partial charge in [-0.15, -0.1) is 0 Å². The molecule has 3 aromatic rings. The highest BCUT2D eigenvalue weighted by Crippen LogP contribution is 2.38. The van der Waals surface area contributed by atoms with Gasteiger partial charge in [0.15, 0.2) is 23.8 Å². The van der Waals surface area contributed by atoms with Gasteiger partial charge in [0.1, 0.15) is 0 Å². The summed E-state index contributed by atoms with van der Waals surface area (Å²) in [5.74, 6) is -0.344. The lowest BCUT2D eigenvalue weighted by molar-refractivity contribution is 0.0468. The Hall–Kier alpha value is -3.88. The van der Waals surface area contributed by atoms with Crippen LogP contribution in [-0.2, 0) is 11.8 Å². The van der Waals surface area contributed by atoms with E-state index in [-0.39, 0.29) is 16.8 Å². The maximum atomic E-state index is 12.6. The van der Waals surface area contributed by atoms with Crippen LogP contribution in [0.3, 0.4) is 0 Å². The molecule has 2 aromatic carbocycles. The molecular weight excluding hydrogens is 392 g/mol. The minimum Gasteiger partial charge on any atom is -0.493 e. The molecule has 30 heavy (non-hydrogen) atoms. The molecule has 9 heteroatoms. The van der Waals surface area contributed by atoms with Crippen LogP contribution in [0.5, 0.6) is 17.2 Å². The first-order valence-corrected chi connectivity index (χ1v) is 8.87. The molecule has 0 aliphatic rings. The van der Waals surface area contributed by atoms with Crippen molar-refractivity contribution in [3.05, 3.63) is 58.0 Å². The smallest absolute Gasteiger partial charge is 0.359 e. The number of benzene rings is 2. The van der Waals surface area contributed by atoms with Gasteiger partial charge < -0.3 is 18.9 Å². The number of rotatable bonds is 7. The monoisotopic (exact) mass is 412 g/mol. The topological polar surface area (TPSA) is 106 Å². The normalized spacial score (nSPS) is 10.5. The molecule has 0 amide bonds. The number of esters is 1. The van der Waals surface area contributed by atoms with Gasteiger partial charge in [0.25, 0.3) is 5.56 Å². The molecule has 0 saturated carbocycles. The van der Waals surface area contributed by atoms with Gasteiger partial charge in [-0.2, -0.15) is 5.10 Å². The van der Waals surface area contributed by atoms with E-state index in [1.54, 1.807) is 24.3 Å². The van der Waals surface area contributed by atoms with Crippen molar-refractivity contribution >= 4 is 22.5 Å². The van der Waals surface area contributed by atoms with Crippen molar-refractivity contribution in [2.75, 3.05) is 27.9 Å². The van der Waals surface area contributed by atoms with Crippen LogP contribution in [0.4, 0.5) is 0 Å². The zero-order valence-corrected chi connectivity index (χ0v) is 16.9. The molecule has 0 saturated heterocycles. The number of carbonyl (C=O) groups is 2. The van der Waals surface area contributed by atoms with E-state index >= 15 is 0 Å². The molecule has 0 unspecified atom stereocenters. The Balaban J connectivity index is 1.85. The number of carbonyl (C=O) groups excluding carboxylic acids is 2. The predicted molar refractivity (Wildman–Crippen MR) is 108 cm³/mol. The van der Waals surface area contributed by atoms with Crippen molar-refractivity contribution in [3.8, 4) is 17.2 Å². The van der Waals surface area contributed by atoms with Gasteiger partial charge in [0.2, 0.25) is 11.5 Å². The van der Waals surface area contributed by atoms with Crippen molar-refractivity contribution in [1.82, 2.24) is 9.78 Å². The lowest BCUT2D eigenvalue weighted by Gasteiger charge is -2.14. The minimum absolute atomic E-state index is 0.0506. The summed E-state index contributed by atoms with van der Waals surface area (Å²) >= 11 is 0. The molecule has 1 heterocycles. The van der Waals surface area contributed by atoms with Crippen molar-refractivity contribution in [3.63, 3.8) is 0 Å². The third kappa shape index (κ3) is 3.82. The summed E-state index contributed by atoms with van der Waals surface area (Å²) in [5, 5.41) is 4.67. The second-order valence-electron chi connectivity index (χ2n) is 6.24. The summed E-state index contributed by atoms with van der Waals surface area (Å²) < 4.78 is 21.9. The highest BCUT2D eigenvalue weighted by Gasteiger charge is 2.21. The zero-order chi connectivity index (χ0) is 21.8. The number of Topliss-reactive ketones (excluding diaryl/α,β-unsaturated/α-hetero) is 1. The maximum Gasteiger partial charge on any atom is 0.359 e. The van der Waals surface area contributed by atoms with Crippen LogP contribution < -0.4 is 19.8 Å². The fourth-order valence-electron chi connectivity index (χ4n) is 2.98. The van der Waals surface area contributed by atoms with E-state index in [1.807, 2.05) is 0 Å². The fourth-order valence-corrected chi connectivity index (χ4v) is 2.98. The quantitative estimate of drug-likeness (QED) is 0.429. The number of nitrogens with zero attached hydrogens (tertiary/aromatic N) is 2. The molecule has 0 N–H and O–H groups in total. The Kier molecular flexibility index (Phi) is 6.01. The van der Waals surface area contributed by atoms with Crippen LogP contribution in [0.15, 0.2) is 41.2 Å². The molecule has 0 spiro atoms. The molecule has 0 bridgehead atoms. The van der Waals surface area contributed by atoms with Crippen LogP contribution in [0.1, 0.15) is 20.8 Å². The number of aryl methyl sites for hydroxylation is 1. The molecule has 9 nitrogen and oxygen atoms in total. The van der Waals surface area contributed by atoms with E-state index in [9.17, 15) is 14.4 Å². The molecule has 0 aliphatic carbocycles. The molecule has 1 aromatic heterocycles. The summed E-state index contributed by atoms with van der Waals surface area (Å²) in [6, 6.07) is 9.50. The number of hydrogen-bond acceptors (Lipinski definition) is 8. The maximum absolute atomic E-state index is 12.6. The second kappa shape index (κ2) is 8.64. The Morgan fingerprint density at radius 3 is 2.13 bits per heavy atom. The van der Waals surface area contributed by atoms with Gasteiger partial charge in [-0.05, 0) is 18.2 Å². The lowest BCUT2D eigenvalue weighted by atomic mass is 10.1. The first-order chi connectivity index (χ1) is 14.4. The van der Waals surface area contributed by atoms with E-state index in [0.29, 0.717) is 28.0 Å². The fraction of sp³-hybridized carbons (Fsp3) is 0.238. The van der Waals surface area contributed by atoms with E-state index in [4.69, 9.17) is 18.9 Å². The number of aromatic nitrogens is 2. The third-order valence-corrected chi connectivity index (χ3v) is 4.47. The Bertz CT molecular complexity index is 1160. The number of fused-ring (bicyclic) bond motifs is 1. The highest BCUT2D eigenvalue weighted by molar-refractivity contribution is 6.04. The van der Waals surface area contributed by atoms with E-state index < -0.39 is 18.4 Å². The molecule has 156 valence electrons. The highest BCUT2D eigenvalue weighted by atomic mass is 16.5. The Labute approximate surface area is 171 Å². The summed E-state index contributed by atoms with van der Waals surface area (Å²) in [4.78, 5) is 37.4. The standard InChI is InChI=1S/C21H20N2O7/c1-23-20(25)14-8-6-5-7-13(14)18(22-23)21(26)30-11-15(24)12-9-16(27-2)19(29-4)17(10-12)28-3/h5-10H,11H2,1-4H3. The molecule has 0 aliphatic heterocycles. The van der Waals surface area contributed by atoms with Crippen LogP contribution >= 0.6 is 0 Å². The van der Waals surface area contributed by atoms with Gasteiger partial charge >= 0.3 is 5.97 Å². The molecular formula is C21H20N2O7. The molecule has 0 radical (unpaired) electrons. The number of methoxy groups -OCH3 is 3. The van der Waals surface area contributed by atoms with Gasteiger partial charge in [0, 0.05) is 18.0 Å². The van der Waals surface area contributed by atoms with Crippen LogP contribution in [-0.4, -0.2) is 49.5 Å². The summed E-state index contributed by atoms with van der Waals surface area (Å²) in [6.45, 7) is -0.531. The largest absolute Gasteiger partial charge is 0.493 e. The van der Waals surface area contributed by atoms with E-state index in [0.717, 1.165) is 4.68 Å². The SMILES string of the molecule is COc1cc(C(=O)COC(=O)c2nn(C)c(=O)c3ccccc23)cc(OC)c1OC. The zero-order valence-electron chi connectivity index (χ0n) is 16.9. The van der Waals surface area contributed by atoms with E-state index in [1.165, 1.54) is 40.5 Å². The first-order valence-electron chi connectivity index (χ1n) is 8.87. The van der Waals surface area contributed by atoms with Crippen molar-refractivity contribution in [2.45, 2.75) is 0 Å². The average Bonchev–Trinajstić information content (AvgIpc) is 2.78. The lowest BCUT2D eigenvalue weighted by Crippen LogP contribution is -2.24. The van der Waals surface area contributed by atoms with Crippen molar-refractivity contribution in [1.29, 1.82) is 0 Å². The number of ketones is 1. The van der Waals surface area contributed by atoms with Crippen LogP contribution in [0, 0.1) is 0 Å². The second-order valence-corrected chi connectivity index (χ2v) is 6.24. The molecule has 0 fully saturated rings. The predicted octanol–water partition coefficient (Wildman–Crippen LogP) is 2.00. The van der Waals surface area contributed by atoms with Gasteiger partial charge in [-0.1, -0.05) is 18.2 Å². The van der Waals surface area contributed by atoms with Gasteiger partial charge in [-0.25, -0.2) is 9.48 Å². The summed E-state index contributed by atoms with van der Waals surface area (Å²) in [6.07, 6.45) is 0. The Morgan fingerprint density at radius 2 is 1.57 bits per heavy atom. The first kappa shape index (κ1) is 20.8. The summed E-state index contributed by atoms with van der Waals surface area (Å²) in [7, 11) is 5.75. The van der Waals surface area contributed by atoms with Crippen LogP contribution in [0.2, 0.25) is 0 Å². The van der Waals surface area contributed by atoms with Gasteiger partial charge in [-0.3, -0.25) is 9.59 Å². The van der Waals surface area contributed by atoms with E-state index in [2.05, 4.69) is 5.10 Å². The third-order valence-electron chi connectivity index (χ3n) is 4.47. The number of hydrogen-bond donors (Lipinski definition) is 0. The molecule has 3 rings (SSSR count). The minimum atomic E-state index is -0.817. The average molecular weight is 412 g/mol. The van der Waals surface area contributed by atoms with Crippen molar-refractivity contribution in [2.24, 2.45) is 7.05 Å². The van der Waals surface area contributed by atoms with Gasteiger partial charge in [0.05, 0.1) is 26.7 Å². The van der Waals surface area contributed by atoms with Crippen molar-refractivity contribution < 1.29 is 28.5 Å². The molecule has 0 atom stereocenters. The number of ether oxygens (including phenoxy) is 4. The summed E-state index contributed by atoms with van der Waals surface area (Å²) in [5.41, 5.74) is -0.170. The Morgan fingerprint density at radius 1 is 0.967 bits per heavy atom.